The molecule has 0 radical (unpaired) electrons. The van der Waals surface area contributed by atoms with Gasteiger partial charge < -0.3 is 16.8 Å². The first kappa shape index (κ1) is 12.7. The maximum absolute atomic E-state index is 11.4. The average Bonchev–Trinajstić information content (AvgIpc) is 2.63. The fraction of sp³-hybridized carbons (Fsp3) is 0.538. The predicted molar refractivity (Wildman–Crippen MR) is 72.1 cm³/mol. The number of anilines is 2. The second kappa shape index (κ2) is 4.84. The van der Waals surface area contributed by atoms with Gasteiger partial charge in [0.05, 0.1) is 17.4 Å². The second-order valence-electron chi connectivity index (χ2n) is 5.19. The fourth-order valence-corrected chi connectivity index (χ4v) is 2.53. The number of amides is 1. The third kappa shape index (κ3) is 2.39. The van der Waals surface area contributed by atoms with Crippen molar-refractivity contribution in [3.8, 4) is 0 Å². The monoisotopic (exact) mass is 248 g/mol. The van der Waals surface area contributed by atoms with Crippen LogP contribution in [0, 0.1) is 11.8 Å². The van der Waals surface area contributed by atoms with Gasteiger partial charge in [-0.25, -0.2) is 4.98 Å². The van der Waals surface area contributed by atoms with Crippen LogP contribution < -0.4 is 16.8 Å². The van der Waals surface area contributed by atoms with E-state index < -0.39 is 5.91 Å². The molecule has 1 aromatic rings. The number of carbonyl (C=O) groups is 1. The number of hydrogen-bond donors (Lipinski definition) is 3. The summed E-state index contributed by atoms with van der Waals surface area (Å²) in [7, 11) is 0. The lowest BCUT2D eigenvalue weighted by molar-refractivity contribution is 0.100. The van der Waals surface area contributed by atoms with E-state index in [1.807, 2.05) is 0 Å². The number of nitrogens with zero attached hydrogens (tertiary/aromatic N) is 1. The molecule has 3 atom stereocenters. The largest absolute Gasteiger partial charge is 0.397 e. The van der Waals surface area contributed by atoms with E-state index in [0.717, 1.165) is 6.42 Å². The maximum Gasteiger partial charge on any atom is 0.252 e. The minimum atomic E-state index is -0.504. The Morgan fingerprint density at radius 1 is 1.44 bits per heavy atom. The number of primary amides is 1. The molecule has 3 unspecified atom stereocenters. The molecule has 1 aliphatic rings. The molecule has 1 amide bonds. The Balaban J connectivity index is 2.21. The Kier molecular flexibility index (Phi) is 3.41. The molecule has 5 heteroatoms. The topological polar surface area (TPSA) is 94.0 Å². The van der Waals surface area contributed by atoms with E-state index in [1.54, 1.807) is 6.07 Å². The van der Waals surface area contributed by atoms with Gasteiger partial charge in [0.1, 0.15) is 5.82 Å². The zero-order valence-corrected chi connectivity index (χ0v) is 10.8. The van der Waals surface area contributed by atoms with Crippen LogP contribution in [0.25, 0.3) is 0 Å². The van der Waals surface area contributed by atoms with E-state index in [-0.39, 0.29) is 0 Å². The van der Waals surface area contributed by atoms with Crippen molar-refractivity contribution in [2.45, 2.75) is 32.7 Å². The number of pyridine rings is 1. The number of aromatic nitrogens is 1. The molecule has 98 valence electrons. The molecule has 1 saturated carbocycles. The number of hydrogen-bond acceptors (Lipinski definition) is 4. The van der Waals surface area contributed by atoms with Crippen LogP contribution in [0.15, 0.2) is 12.3 Å². The van der Waals surface area contributed by atoms with Crippen LogP contribution in [0.5, 0.6) is 0 Å². The van der Waals surface area contributed by atoms with Gasteiger partial charge in [-0.1, -0.05) is 13.8 Å². The first-order valence-corrected chi connectivity index (χ1v) is 6.31. The molecule has 5 N–H and O–H groups in total. The highest BCUT2D eigenvalue weighted by molar-refractivity contribution is 5.98. The average molecular weight is 248 g/mol. The lowest BCUT2D eigenvalue weighted by atomic mass is 9.97. The van der Waals surface area contributed by atoms with Crippen LogP contribution in [0.4, 0.5) is 11.5 Å². The van der Waals surface area contributed by atoms with E-state index >= 15 is 0 Å². The van der Waals surface area contributed by atoms with Gasteiger partial charge in [0.2, 0.25) is 0 Å². The summed E-state index contributed by atoms with van der Waals surface area (Å²) in [5.41, 5.74) is 11.8. The second-order valence-corrected chi connectivity index (χ2v) is 5.19. The van der Waals surface area contributed by atoms with Crippen LogP contribution in [0.2, 0.25) is 0 Å². The van der Waals surface area contributed by atoms with E-state index in [1.165, 1.54) is 12.6 Å². The quantitative estimate of drug-likeness (QED) is 0.757. The highest BCUT2D eigenvalue weighted by atomic mass is 16.1. The van der Waals surface area contributed by atoms with Gasteiger partial charge in [-0.2, -0.15) is 0 Å². The van der Waals surface area contributed by atoms with Crippen molar-refractivity contribution in [1.82, 2.24) is 4.98 Å². The molecule has 0 aliphatic heterocycles. The van der Waals surface area contributed by atoms with Crippen molar-refractivity contribution in [2.24, 2.45) is 17.6 Å². The first-order chi connectivity index (χ1) is 8.49. The van der Waals surface area contributed by atoms with Crippen LogP contribution >= 0.6 is 0 Å². The van der Waals surface area contributed by atoms with Gasteiger partial charge in [0.25, 0.3) is 5.91 Å². The van der Waals surface area contributed by atoms with Gasteiger partial charge in [0.15, 0.2) is 0 Å². The standard InChI is InChI=1S/C13H20N4O/c1-7-3-4-11(8(7)2)17-13-10(12(15)18)5-9(14)6-16-13/h5-8,11H,3-4,14H2,1-2H3,(H2,15,18)(H,16,17). The van der Waals surface area contributed by atoms with Crippen molar-refractivity contribution in [3.63, 3.8) is 0 Å². The minimum Gasteiger partial charge on any atom is -0.397 e. The molecule has 1 heterocycles. The zero-order valence-electron chi connectivity index (χ0n) is 10.8. The lowest BCUT2D eigenvalue weighted by Gasteiger charge is -2.21. The Morgan fingerprint density at radius 3 is 2.72 bits per heavy atom. The summed E-state index contributed by atoms with van der Waals surface area (Å²) >= 11 is 0. The molecule has 1 fully saturated rings. The third-order valence-electron chi connectivity index (χ3n) is 3.96. The number of carbonyl (C=O) groups excluding carboxylic acids is 1. The predicted octanol–water partition coefficient (Wildman–Crippen LogP) is 1.61. The molecule has 5 nitrogen and oxygen atoms in total. The van der Waals surface area contributed by atoms with Crippen LogP contribution in [0.1, 0.15) is 37.0 Å². The van der Waals surface area contributed by atoms with Gasteiger partial charge in [0, 0.05) is 6.04 Å². The number of nitrogens with one attached hydrogen (secondary N) is 1. The molecular weight excluding hydrogens is 228 g/mol. The Hall–Kier alpha value is -1.78. The van der Waals surface area contributed by atoms with Crippen LogP contribution in [0.3, 0.4) is 0 Å². The molecule has 0 bridgehead atoms. The molecule has 1 aliphatic carbocycles. The summed E-state index contributed by atoms with van der Waals surface area (Å²) in [6.07, 6.45) is 3.82. The van der Waals surface area contributed by atoms with E-state index in [4.69, 9.17) is 11.5 Å². The van der Waals surface area contributed by atoms with Gasteiger partial charge in [-0.15, -0.1) is 0 Å². The molecular formula is C13H20N4O. The molecule has 0 saturated heterocycles. The van der Waals surface area contributed by atoms with Gasteiger partial charge >= 0.3 is 0 Å². The number of rotatable bonds is 3. The molecule has 2 rings (SSSR count). The lowest BCUT2D eigenvalue weighted by Crippen LogP contribution is -2.26. The third-order valence-corrected chi connectivity index (χ3v) is 3.96. The van der Waals surface area contributed by atoms with E-state index in [0.29, 0.717) is 34.9 Å². The number of nitrogen functional groups attached to an aromatic ring is 1. The Bertz CT molecular complexity index is 460. The highest BCUT2D eigenvalue weighted by Gasteiger charge is 2.30. The van der Waals surface area contributed by atoms with Gasteiger partial charge in [-0.3, -0.25) is 4.79 Å². The van der Waals surface area contributed by atoms with E-state index in [2.05, 4.69) is 24.1 Å². The zero-order chi connectivity index (χ0) is 13.3. The summed E-state index contributed by atoms with van der Waals surface area (Å²) in [5.74, 6) is 1.29. The summed E-state index contributed by atoms with van der Waals surface area (Å²) in [4.78, 5) is 15.6. The van der Waals surface area contributed by atoms with Crippen molar-refractivity contribution in [3.05, 3.63) is 17.8 Å². The Labute approximate surface area is 107 Å². The molecule has 18 heavy (non-hydrogen) atoms. The van der Waals surface area contributed by atoms with Crippen molar-refractivity contribution in [2.75, 3.05) is 11.1 Å². The van der Waals surface area contributed by atoms with Gasteiger partial charge in [-0.05, 0) is 30.7 Å². The van der Waals surface area contributed by atoms with Crippen LogP contribution in [-0.4, -0.2) is 16.9 Å². The van der Waals surface area contributed by atoms with Crippen molar-refractivity contribution < 1.29 is 4.79 Å². The van der Waals surface area contributed by atoms with Crippen molar-refractivity contribution >= 4 is 17.4 Å². The van der Waals surface area contributed by atoms with Crippen molar-refractivity contribution in [1.29, 1.82) is 0 Å². The molecule has 1 aromatic heterocycles. The minimum absolute atomic E-state index is 0.342. The first-order valence-electron chi connectivity index (χ1n) is 6.31. The smallest absolute Gasteiger partial charge is 0.252 e. The SMILES string of the molecule is CC1CCC(Nc2ncc(N)cc2C(N)=O)C1C. The summed E-state index contributed by atoms with van der Waals surface area (Å²) in [6.45, 7) is 4.47. The highest BCUT2D eigenvalue weighted by Crippen LogP contribution is 2.33. The van der Waals surface area contributed by atoms with E-state index in [9.17, 15) is 4.79 Å². The summed E-state index contributed by atoms with van der Waals surface area (Å²) < 4.78 is 0. The van der Waals surface area contributed by atoms with Crippen LogP contribution in [-0.2, 0) is 0 Å². The maximum atomic E-state index is 11.4. The summed E-state index contributed by atoms with van der Waals surface area (Å²) in [6, 6.07) is 1.91. The molecule has 0 aromatic carbocycles. The normalized spacial score (nSPS) is 27.1. The fourth-order valence-electron chi connectivity index (χ4n) is 2.53. The number of nitrogens with two attached hydrogens (primary N) is 2. The molecule has 0 spiro atoms. The summed E-state index contributed by atoms with van der Waals surface area (Å²) in [5, 5.41) is 3.33. The Morgan fingerprint density at radius 2 is 2.17 bits per heavy atom.